The molecule has 0 spiro atoms. The van der Waals surface area contributed by atoms with E-state index in [1.165, 1.54) is 5.56 Å². The highest BCUT2D eigenvalue weighted by Gasteiger charge is 2.45. The Hall–Kier alpha value is -3.21. The van der Waals surface area contributed by atoms with E-state index in [0.29, 0.717) is 30.3 Å². The van der Waals surface area contributed by atoms with Gasteiger partial charge in [0.1, 0.15) is 11.5 Å². The average molecular weight is 389 g/mol. The third-order valence-corrected chi connectivity index (χ3v) is 5.56. The number of benzene rings is 2. The van der Waals surface area contributed by atoms with Crippen LogP contribution in [0.5, 0.6) is 11.5 Å². The Morgan fingerprint density at radius 3 is 2.41 bits per heavy atom. The van der Waals surface area contributed by atoms with Crippen LogP contribution < -0.4 is 4.74 Å². The molecule has 0 saturated heterocycles. The molecule has 1 fully saturated rings. The number of hydrogen-bond acceptors (Lipinski definition) is 4. The fourth-order valence-corrected chi connectivity index (χ4v) is 3.92. The second-order valence-corrected chi connectivity index (χ2v) is 7.93. The maximum Gasteiger partial charge on any atom is 0.266 e. The number of ketones is 1. The van der Waals surface area contributed by atoms with Crippen molar-refractivity contribution in [3.05, 3.63) is 71.3 Å². The molecular weight excluding hydrogens is 366 g/mol. The van der Waals surface area contributed by atoms with Gasteiger partial charge in [-0.2, -0.15) is 0 Å². The molecule has 1 aliphatic heterocycles. The number of nitrogens with zero attached hydrogens (tertiary/aromatic N) is 1. The molecule has 1 unspecified atom stereocenters. The molecule has 1 atom stereocenters. The summed E-state index contributed by atoms with van der Waals surface area (Å²) in [5.41, 5.74) is 2.54. The minimum absolute atomic E-state index is 0.137. The Kier molecular flexibility index (Phi) is 4.82. The SMILES string of the molecule is C=C1CCC(N2C(=O)c3cccc(Oc4ccc(C(C)C)cc4)c3C2=O)C(=O)C1. The van der Waals surface area contributed by atoms with E-state index in [4.69, 9.17) is 4.74 Å². The van der Waals surface area contributed by atoms with E-state index in [1.54, 1.807) is 18.2 Å². The molecule has 5 nitrogen and oxygen atoms in total. The highest BCUT2D eigenvalue weighted by atomic mass is 16.5. The van der Waals surface area contributed by atoms with Crippen molar-refractivity contribution >= 4 is 17.6 Å². The zero-order chi connectivity index (χ0) is 20.7. The maximum atomic E-state index is 13.1. The predicted molar refractivity (Wildman–Crippen MR) is 109 cm³/mol. The van der Waals surface area contributed by atoms with Crippen LogP contribution in [-0.2, 0) is 4.79 Å². The summed E-state index contributed by atoms with van der Waals surface area (Å²) in [4.78, 5) is 39.6. The molecule has 2 aromatic carbocycles. The highest BCUT2D eigenvalue weighted by molar-refractivity contribution is 6.24. The van der Waals surface area contributed by atoms with E-state index < -0.39 is 17.9 Å². The quantitative estimate of drug-likeness (QED) is 0.552. The molecule has 0 N–H and O–H groups in total. The first kappa shape index (κ1) is 19.1. The number of allylic oxidation sites excluding steroid dienone is 1. The summed E-state index contributed by atoms with van der Waals surface area (Å²) in [6.45, 7) is 8.08. The molecule has 0 bridgehead atoms. The van der Waals surface area contributed by atoms with Gasteiger partial charge in [0.15, 0.2) is 5.78 Å². The van der Waals surface area contributed by atoms with E-state index in [9.17, 15) is 14.4 Å². The summed E-state index contributed by atoms with van der Waals surface area (Å²) in [5.74, 6) is 0.283. The fourth-order valence-electron chi connectivity index (χ4n) is 3.92. The Balaban J connectivity index is 1.64. The zero-order valence-electron chi connectivity index (χ0n) is 16.6. The summed E-state index contributed by atoms with van der Waals surface area (Å²) in [7, 11) is 0. The summed E-state index contributed by atoms with van der Waals surface area (Å²) >= 11 is 0. The topological polar surface area (TPSA) is 63.7 Å². The van der Waals surface area contributed by atoms with E-state index in [-0.39, 0.29) is 23.3 Å². The first-order valence-corrected chi connectivity index (χ1v) is 9.85. The third-order valence-electron chi connectivity index (χ3n) is 5.56. The van der Waals surface area contributed by atoms with Crippen LogP contribution in [0.4, 0.5) is 0 Å². The minimum Gasteiger partial charge on any atom is -0.457 e. The average Bonchev–Trinajstić information content (AvgIpc) is 2.94. The van der Waals surface area contributed by atoms with Crippen LogP contribution in [0, 0.1) is 0 Å². The Labute approximate surface area is 170 Å². The molecule has 4 rings (SSSR count). The molecule has 1 saturated carbocycles. The Morgan fingerprint density at radius 1 is 1.03 bits per heavy atom. The first-order chi connectivity index (χ1) is 13.9. The van der Waals surface area contributed by atoms with Crippen molar-refractivity contribution in [1.82, 2.24) is 4.90 Å². The van der Waals surface area contributed by atoms with Gasteiger partial charge in [-0.15, -0.1) is 0 Å². The lowest BCUT2D eigenvalue weighted by atomic mass is 9.89. The summed E-state index contributed by atoms with van der Waals surface area (Å²) in [6.07, 6.45) is 1.27. The smallest absolute Gasteiger partial charge is 0.266 e. The van der Waals surface area contributed by atoms with Crippen molar-refractivity contribution in [2.24, 2.45) is 0 Å². The minimum atomic E-state index is -0.730. The number of fused-ring (bicyclic) bond motifs is 1. The van der Waals surface area contributed by atoms with Crippen LogP contribution >= 0.6 is 0 Å². The van der Waals surface area contributed by atoms with Crippen molar-refractivity contribution in [3.63, 3.8) is 0 Å². The van der Waals surface area contributed by atoms with Crippen molar-refractivity contribution < 1.29 is 19.1 Å². The maximum absolute atomic E-state index is 13.1. The lowest BCUT2D eigenvalue weighted by Gasteiger charge is -2.29. The van der Waals surface area contributed by atoms with Crippen molar-refractivity contribution in [1.29, 1.82) is 0 Å². The lowest BCUT2D eigenvalue weighted by Crippen LogP contribution is -2.46. The van der Waals surface area contributed by atoms with E-state index in [1.807, 2.05) is 24.3 Å². The van der Waals surface area contributed by atoms with Crippen molar-refractivity contribution in [2.75, 3.05) is 0 Å². The molecule has 2 aliphatic rings. The molecule has 1 heterocycles. The lowest BCUT2D eigenvalue weighted by molar-refractivity contribution is -0.123. The standard InChI is InChI=1S/C24H23NO4/c1-14(2)16-8-10-17(11-9-16)29-21-6-4-5-18-22(21)24(28)25(23(18)27)19-12-7-15(3)13-20(19)26/h4-6,8-11,14,19H,3,7,12-13H2,1-2H3. The molecule has 2 amide bonds. The molecule has 0 aromatic heterocycles. The van der Waals surface area contributed by atoms with Crippen molar-refractivity contribution in [3.8, 4) is 11.5 Å². The van der Waals surface area contributed by atoms with Gasteiger partial charge in [0.05, 0.1) is 17.2 Å². The van der Waals surface area contributed by atoms with Gasteiger partial charge in [0.2, 0.25) is 0 Å². The number of hydrogen-bond donors (Lipinski definition) is 0. The first-order valence-electron chi connectivity index (χ1n) is 9.85. The predicted octanol–water partition coefficient (Wildman–Crippen LogP) is 4.88. The molecule has 5 heteroatoms. The van der Waals surface area contributed by atoms with E-state index >= 15 is 0 Å². The summed E-state index contributed by atoms with van der Waals surface area (Å²) in [5, 5.41) is 0. The third kappa shape index (κ3) is 3.37. The molecule has 2 aromatic rings. The second-order valence-electron chi connectivity index (χ2n) is 7.93. The molecular formula is C24H23NO4. The van der Waals surface area contributed by atoms with Gasteiger partial charge in [-0.1, -0.05) is 44.2 Å². The number of carbonyl (C=O) groups is 3. The molecule has 148 valence electrons. The number of rotatable bonds is 4. The molecule has 29 heavy (non-hydrogen) atoms. The van der Waals surface area contributed by atoms with Gasteiger partial charge >= 0.3 is 0 Å². The largest absolute Gasteiger partial charge is 0.457 e. The number of carbonyl (C=O) groups excluding carboxylic acids is 3. The highest BCUT2D eigenvalue weighted by Crippen LogP contribution is 2.37. The summed E-state index contributed by atoms with van der Waals surface area (Å²) < 4.78 is 5.96. The number of ether oxygens (including phenoxy) is 1. The van der Waals surface area contributed by atoms with Gasteiger partial charge in [-0.05, 0) is 48.6 Å². The van der Waals surface area contributed by atoms with Crippen LogP contribution in [-0.4, -0.2) is 28.5 Å². The number of imide groups is 1. The van der Waals surface area contributed by atoms with Crippen LogP contribution in [0.15, 0.2) is 54.6 Å². The number of Topliss-reactive ketones (excluding diaryl/α,β-unsaturated/α-hetero) is 1. The van der Waals surface area contributed by atoms with Crippen LogP contribution in [0.1, 0.15) is 65.3 Å². The monoisotopic (exact) mass is 389 g/mol. The van der Waals surface area contributed by atoms with Gasteiger partial charge in [0.25, 0.3) is 11.8 Å². The van der Waals surface area contributed by atoms with Gasteiger partial charge in [-0.3, -0.25) is 19.3 Å². The second kappa shape index (κ2) is 7.32. The van der Waals surface area contributed by atoms with E-state index in [2.05, 4.69) is 20.4 Å². The Bertz CT molecular complexity index is 1020. The van der Waals surface area contributed by atoms with Crippen LogP contribution in [0.25, 0.3) is 0 Å². The molecule has 0 radical (unpaired) electrons. The fraction of sp³-hybridized carbons (Fsp3) is 0.292. The normalized spacial score (nSPS) is 19.1. The Morgan fingerprint density at radius 2 is 1.76 bits per heavy atom. The number of amides is 2. The zero-order valence-corrected chi connectivity index (χ0v) is 16.6. The van der Waals surface area contributed by atoms with Crippen LogP contribution in [0.2, 0.25) is 0 Å². The van der Waals surface area contributed by atoms with Gasteiger partial charge in [-0.25, -0.2) is 0 Å². The van der Waals surface area contributed by atoms with Crippen LogP contribution in [0.3, 0.4) is 0 Å². The van der Waals surface area contributed by atoms with Gasteiger partial charge in [0, 0.05) is 6.42 Å². The van der Waals surface area contributed by atoms with Gasteiger partial charge < -0.3 is 4.74 Å². The van der Waals surface area contributed by atoms with Crippen molar-refractivity contribution in [2.45, 2.75) is 45.1 Å². The summed E-state index contributed by atoms with van der Waals surface area (Å²) in [6, 6.07) is 11.9. The molecule has 1 aliphatic carbocycles. The van der Waals surface area contributed by atoms with E-state index in [0.717, 1.165) is 10.5 Å².